The second-order valence-corrected chi connectivity index (χ2v) is 8.00. The summed E-state index contributed by atoms with van der Waals surface area (Å²) in [6.45, 7) is 4.74. The topological polar surface area (TPSA) is 72.3 Å². The van der Waals surface area contributed by atoms with Crippen LogP contribution >= 0.6 is 34.8 Å². The van der Waals surface area contributed by atoms with Crippen molar-refractivity contribution in [2.45, 2.75) is 19.4 Å². The summed E-state index contributed by atoms with van der Waals surface area (Å²) >= 11 is 18.1. The highest BCUT2D eigenvalue weighted by molar-refractivity contribution is 6.44. The molecule has 0 bridgehead atoms. The molecule has 1 aromatic carbocycles. The van der Waals surface area contributed by atoms with Gasteiger partial charge in [-0.2, -0.15) is 5.26 Å². The fraction of sp³-hybridized carbons (Fsp3) is 0.350. The number of nitrogens with one attached hydrogen (secondary N) is 1. The number of rotatable bonds is 4. The lowest BCUT2D eigenvalue weighted by molar-refractivity contribution is -0.120. The summed E-state index contributed by atoms with van der Waals surface area (Å²) in [5, 5.41) is 13.2. The number of hydrogen-bond acceptors (Lipinski definition) is 5. The average Bonchev–Trinajstić information content (AvgIpc) is 2.97. The fourth-order valence-corrected chi connectivity index (χ4v) is 3.89. The summed E-state index contributed by atoms with van der Waals surface area (Å²) < 4.78 is 0. The molecular formula is C20H20Cl3N5O. The quantitative estimate of drug-likeness (QED) is 0.694. The van der Waals surface area contributed by atoms with E-state index in [-0.39, 0.29) is 11.9 Å². The van der Waals surface area contributed by atoms with Gasteiger partial charge in [0.2, 0.25) is 5.91 Å². The molecule has 0 aliphatic carbocycles. The molecule has 1 unspecified atom stereocenters. The second-order valence-electron chi connectivity index (χ2n) is 6.77. The molecule has 1 atom stereocenters. The molecule has 1 fully saturated rings. The zero-order valence-corrected chi connectivity index (χ0v) is 18.1. The van der Waals surface area contributed by atoms with Crippen LogP contribution in [0.25, 0.3) is 0 Å². The standard InChI is InChI=1S/C20H20Cl3N5O/c1-13(20(29)26-18-11-16(22)15(21)10-17(18)23)27-6-3-7-28(9-8-27)19-14(12-24)4-2-5-25-19/h2,4-5,10-11,13H,3,6-9H2,1H3,(H,26,29). The van der Waals surface area contributed by atoms with Crippen LogP contribution in [-0.2, 0) is 4.79 Å². The van der Waals surface area contributed by atoms with E-state index >= 15 is 0 Å². The summed E-state index contributed by atoms with van der Waals surface area (Å²) in [7, 11) is 0. The SMILES string of the molecule is CC(C(=O)Nc1cc(Cl)c(Cl)cc1Cl)N1CCCN(c2ncccc2C#N)CC1. The highest BCUT2D eigenvalue weighted by Gasteiger charge is 2.26. The lowest BCUT2D eigenvalue weighted by Crippen LogP contribution is -2.44. The van der Waals surface area contributed by atoms with E-state index in [4.69, 9.17) is 34.8 Å². The third-order valence-electron chi connectivity index (χ3n) is 4.93. The maximum Gasteiger partial charge on any atom is 0.241 e. The summed E-state index contributed by atoms with van der Waals surface area (Å²) in [6, 6.07) is 8.41. The van der Waals surface area contributed by atoms with Crippen LogP contribution in [0.3, 0.4) is 0 Å². The van der Waals surface area contributed by atoms with Crippen LogP contribution < -0.4 is 10.2 Å². The Hall–Kier alpha value is -2.04. The Morgan fingerprint density at radius 1 is 1.17 bits per heavy atom. The molecule has 1 N–H and O–H groups in total. The number of anilines is 2. The lowest BCUT2D eigenvalue weighted by atomic mass is 10.2. The van der Waals surface area contributed by atoms with Crippen molar-refractivity contribution in [1.29, 1.82) is 5.26 Å². The van der Waals surface area contributed by atoms with E-state index < -0.39 is 0 Å². The smallest absolute Gasteiger partial charge is 0.241 e. The van der Waals surface area contributed by atoms with E-state index in [2.05, 4.69) is 26.2 Å². The number of aromatic nitrogens is 1. The van der Waals surface area contributed by atoms with Gasteiger partial charge in [0.15, 0.2) is 0 Å². The van der Waals surface area contributed by atoms with Crippen molar-refractivity contribution in [1.82, 2.24) is 9.88 Å². The van der Waals surface area contributed by atoms with Crippen LogP contribution in [0.5, 0.6) is 0 Å². The van der Waals surface area contributed by atoms with Gasteiger partial charge in [-0.25, -0.2) is 4.98 Å². The molecule has 2 heterocycles. The third-order valence-corrected chi connectivity index (χ3v) is 5.97. The molecule has 0 saturated carbocycles. The predicted molar refractivity (Wildman–Crippen MR) is 117 cm³/mol. The van der Waals surface area contributed by atoms with Crippen LogP contribution in [-0.4, -0.2) is 48.0 Å². The zero-order chi connectivity index (χ0) is 21.0. The average molecular weight is 453 g/mol. The molecule has 1 aliphatic heterocycles. The van der Waals surface area contributed by atoms with Crippen molar-refractivity contribution in [3.05, 3.63) is 51.1 Å². The number of nitrogens with zero attached hydrogens (tertiary/aromatic N) is 4. The van der Waals surface area contributed by atoms with Crippen molar-refractivity contribution >= 4 is 52.2 Å². The molecule has 0 radical (unpaired) electrons. The van der Waals surface area contributed by atoms with E-state index in [1.165, 1.54) is 6.07 Å². The van der Waals surface area contributed by atoms with Gasteiger partial charge in [0.05, 0.1) is 32.4 Å². The number of nitriles is 1. The number of amides is 1. The normalized spacial score (nSPS) is 16.0. The molecule has 2 aromatic rings. The van der Waals surface area contributed by atoms with Gasteiger partial charge in [0.1, 0.15) is 11.9 Å². The highest BCUT2D eigenvalue weighted by atomic mass is 35.5. The van der Waals surface area contributed by atoms with E-state index in [1.54, 1.807) is 24.4 Å². The van der Waals surface area contributed by atoms with Crippen molar-refractivity contribution in [2.75, 3.05) is 36.4 Å². The van der Waals surface area contributed by atoms with Gasteiger partial charge < -0.3 is 10.2 Å². The van der Waals surface area contributed by atoms with Crippen molar-refractivity contribution < 1.29 is 4.79 Å². The summed E-state index contributed by atoms with van der Waals surface area (Å²) in [4.78, 5) is 21.3. The number of halogens is 3. The van der Waals surface area contributed by atoms with Crippen molar-refractivity contribution in [3.63, 3.8) is 0 Å². The number of benzene rings is 1. The number of carbonyl (C=O) groups excluding carboxylic acids is 1. The zero-order valence-electron chi connectivity index (χ0n) is 15.8. The van der Waals surface area contributed by atoms with E-state index in [9.17, 15) is 10.1 Å². The lowest BCUT2D eigenvalue weighted by Gasteiger charge is -2.27. The predicted octanol–water partition coefficient (Wildman–Crippen LogP) is 4.45. The van der Waals surface area contributed by atoms with Crippen LogP contribution in [0, 0.1) is 11.3 Å². The highest BCUT2D eigenvalue weighted by Crippen LogP contribution is 2.32. The molecule has 9 heteroatoms. The number of pyridine rings is 1. The first kappa shape index (κ1) is 21.7. The van der Waals surface area contributed by atoms with Gasteiger partial charge >= 0.3 is 0 Å². The monoisotopic (exact) mass is 451 g/mol. The first-order valence-corrected chi connectivity index (χ1v) is 10.3. The maximum atomic E-state index is 12.8. The van der Waals surface area contributed by atoms with Crippen LogP contribution in [0.1, 0.15) is 18.9 Å². The minimum atomic E-state index is -0.361. The van der Waals surface area contributed by atoms with Gasteiger partial charge in [0.25, 0.3) is 0 Å². The Kier molecular flexibility index (Phi) is 7.20. The third kappa shape index (κ3) is 5.12. The van der Waals surface area contributed by atoms with Crippen molar-refractivity contribution in [3.8, 4) is 6.07 Å². The second kappa shape index (κ2) is 9.64. The molecule has 1 amide bonds. The van der Waals surface area contributed by atoms with Gasteiger partial charge in [-0.05, 0) is 37.6 Å². The minimum Gasteiger partial charge on any atom is -0.354 e. The molecule has 0 spiro atoms. The van der Waals surface area contributed by atoms with Crippen LogP contribution in [0.4, 0.5) is 11.5 Å². The molecule has 1 aliphatic rings. The van der Waals surface area contributed by atoms with Crippen LogP contribution in [0.2, 0.25) is 15.1 Å². The Morgan fingerprint density at radius 2 is 1.93 bits per heavy atom. The summed E-state index contributed by atoms with van der Waals surface area (Å²) in [5.74, 6) is 0.519. The number of carbonyl (C=O) groups is 1. The van der Waals surface area contributed by atoms with E-state index in [0.717, 1.165) is 19.5 Å². The largest absolute Gasteiger partial charge is 0.354 e. The van der Waals surface area contributed by atoms with Gasteiger partial charge in [-0.15, -0.1) is 0 Å². The van der Waals surface area contributed by atoms with Crippen molar-refractivity contribution in [2.24, 2.45) is 0 Å². The van der Waals surface area contributed by atoms with Gasteiger partial charge in [0, 0.05) is 32.4 Å². The maximum absolute atomic E-state index is 12.8. The first-order valence-electron chi connectivity index (χ1n) is 9.20. The van der Waals surface area contributed by atoms with Gasteiger partial charge in [-0.1, -0.05) is 34.8 Å². The Morgan fingerprint density at radius 3 is 2.69 bits per heavy atom. The Balaban J connectivity index is 1.66. The molecule has 1 aromatic heterocycles. The molecule has 1 saturated heterocycles. The number of hydrogen-bond donors (Lipinski definition) is 1. The summed E-state index contributed by atoms with van der Waals surface area (Å²) in [6.07, 6.45) is 2.54. The molecule has 29 heavy (non-hydrogen) atoms. The molecule has 6 nitrogen and oxygen atoms in total. The Labute approximate surface area is 185 Å². The fourth-order valence-electron chi connectivity index (χ4n) is 3.29. The molecular weight excluding hydrogens is 433 g/mol. The van der Waals surface area contributed by atoms with Crippen LogP contribution in [0.15, 0.2) is 30.5 Å². The molecule has 3 rings (SSSR count). The molecule has 152 valence electrons. The van der Waals surface area contributed by atoms with E-state index in [1.807, 2.05) is 6.92 Å². The van der Waals surface area contributed by atoms with Gasteiger partial charge in [-0.3, -0.25) is 9.69 Å². The first-order chi connectivity index (χ1) is 13.9. The summed E-state index contributed by atoms with van der Waals surface area (Å²) in [5.41, 5.74) is 0.988. The van der Waals surface area contributed by atoms with E-state index in [0.29, 0.717) is 45.2 Å². The Bertz CT molecular complexity index is 946. The minimum absolute atomic E-state index is 0.172.